The maximum absolute atomic E-state index is 12.7. The van der Waals surface area contributed by atoms with Crippen molar-refractivity contribution in [3.8, 4) is 0 Å². The number of carbonyl (C=O) groups excluding carboxylic acids is 1. The second-order valence-electron chi connectivity index (χ2n) is 5.66. The van der Waals surface area contributed by atoms with Crippen LogP contribution in [0.15, 0.2) is 30.5 Å². The first-order chi connectivity index (χ1) is 10.1. The van der Waals surface area contributed by atoms with Gasteiger partial charge in [0.15, 0.2) is 0 Å². The quantitative estimate of drug-likeness (QED) is 0.890. The van der Waals surface area contributed by atoms with Crippen molar-refractivity contribution in [2.24, 2.45) is 5.92 Å². The van der Waals surface area contributed by atoms with Gasteiger partial charge in [0.2, 0.25) is 0 Å². The Labute approximate surface area is 122 Å². The molecule has 1 aromatic carbocycles. The summed E-state index contributed by atoms with van der Waals surface area (Å²) < 4.78 is 0. The highest BCUT2D eigenvalue weighted by Gasteiger charge is 2.33. The van der Waals surface area contributed by atoms with Gasteiger partial charge in [0.05, 0.1) is 11.5 Å². The standard InChI is InChI=1S/C16H18N2O3/c1-10-8-11(16(20)21)6-7-18(10)15(19)13-9-17-14-5-3-2-4-12(13)14/h2-5,9-11,17H,6-8H2,1H3,(H,20,21). The molecule has 1 aliphatic rings. The minimum absolute atomic E-state index is 0.0243. The second-order valence-corrected chi connectivity index (χ2v) is 5.66. The van der Waals surface area contributed by atoms with Gasteiger partial charge in [-0.1, -0.05) is 18.2 Å². The molecule has 2 aromatic rings. The third kappa shape index (κ3) is 2.39. The highest BCUT2D eigenvalue weighted by atomic mass is 16.4. The molecule has 3 rings (SSSR count). The molecule has 0 bridgehead atoms. The number of benzene rings is 1. The van der Waals surface area contributed by atoms with Crippen molar-refractivity contribution < 1.29 is 14.7 Å². The van der Waals surface area contributed by atoms with E-state index >= 15 is 0 Å². The molecule has 2 heterocycles. The first kappa shape index (κ1) is 13.7. The number of hydrogen-bond donors (Lipinski definition) is 2. The van der Waals surface area contributed by atoms with Crippen molar-refractivity contribution in [3.05, 3.63) is 36.0 Å². The zero-order valence-corrected chi connectivity index (χ0v) is 11.9. The van der Waals surface area contributed by atoms with Gasteiger partial charge in [-0.3, -0.25) is 9.59 Å². The summed E-state index contributed by atoms with van der Waals surface area (Å²) in [6, 6.07) is 7.64. The largest absolute Gasteiger partial charge is 0.481 e. The van der Waals surface area contributed by atoms with E-state index in [2.05, 4.69) is 4.98 Å². The average molecular weight is 286 g/mol. The van der Waals surface area contributed by atoms with Gasteiger partial charge in [0.25, 0.3) is 5.91 Å². The Bertz CT molecular complexity index is 692. The molecular weight excluding hydrogens is 268 g/mol. The molecule has 110 valence electrons. The van der Waals surface area contributed by atoms with E-state index in [9.17, 15) is 9.59 Å². The van der Waals surface area contributed by atoms with Crippen LogP contribution in [0.3, 0.4) is 0 Å². The number of hydrogen-bond acceptors (Lipinski definition) is 2. The van der Waals surface area contributed by atoms with Crippen LogP contribution in [0.1, 0.15) is 30.1 Å². The van der Waals surface area contributed by atoms with Gasteiger partial charge in [-0.05, 0) is 25.8 Å². The first-order valence-corrected chi connectivity index (χ1v) is 7.18. The predicted octanol–water partition coefficient (Wildman–Crippen LogP) is 2.49. The van der Waals surface area contributed by atoms with Crippen LogP contribution < -0.4 is 0 Å². The smallest absolute Gasteiger partial charge is 0.306 e. The summed E-state index contributed by atoms with van der Waals surface area (Å²) in [5.74, 6) is -1.13. The normalized spacial score (nSPS) is 22.4. The maximum atomic E-state index is 12.7. The molecule has 1 aliphatic heterocycles. The summed E-state index contributed by atoms with van der Waals surface area (Å²) in [4.78, 5) is 28.7. The van der Waals surface area contributed by atoms with E-state index in [0.717, 1.165) is 10.9 Å². The van der Waals surface area contributed by atoms with E-state index in [1.807, 2.05) is 31.2 Å². The molecule has 2 atom stereocenters. The van der Waals surface area contributed by atoms with Gasteiger partial charge in [0.1, 0.15) is 0 Å². The topological polar surface area (TPSA) is 73.4 Å². The van der Waals surface area contributed by atoms with Gasteiger partial charge >= 0.3 is 5.97 Å². The van der Waals surface area contributed by atoms with Gasteiger partial charge in [-0.2, -0.15) is 0 Å². The highest BCUT2D eigenvalue weighted by Crippen LogP contribution is 2.26. The summed E-state index contributed by atoms with van der Waals surface area (Å²) in [7, 11) is 0. The lowest BCUT2D eigenvalue weighted by Crippen LogP contribution is -2.46. The van der Waals surface area contributed by atoms with Gasteiger partial charge in [-0.25, -0.2) is 0 Å². The molecule has 21 heavy (non-hydrogen) atoms. The SMILES string of the molecule is CC1CC(C(=O)O)CCN1C(=O)c1c[nH]c2ccccc12. The number of nitrogens with one attached hydrogen (secondary N) is 1. The van der Waals surface area contributed by atoms with Crippen LogP contribution in [0.4, 0.5) is 0 Å². The monoisotopic (exact) mass is 286 g/mol. The van der Waals surface area contributed by atoms with Crippen LogP contribution in [-0.2, 0) is 4.79 Å². The fourth-order valence-electron chi connectivity index (χ4n) is 3.10. The number of aromatic amines is 1. The van der Waals surface area contributed by atoms with E-state index in [1.165, 1.54) is 0 Å². The minimum Gasteiger partial charge on any atom is -0.481 e. The van der Waals surface area contributed by atoms with Crippen molar-refractivity contribution in [2.75, 3.05) is 6.54 Å². The van der Waals surface area contributed by atoms with E-state index in [1.54, 1.807) is 11.1 Å². The number of carboxylic acids is 1. The molecule has 0 spiro atoms. The third-order valence-corrected chi connectivity index (χ3v) is 4.31. The van der Waals surface area contributed by atoms with Crippen LogP contribution in [0.5, 0.6) is 0 Å². The number of nitrogens with zero attached hydrogens (tertiary/aromatic N) is 1. The number of para-hydroxylation sites is 1. The number of piperidine rings is 1. The molecular formula is C16H18N2O3. The number of carbonyl (C=O) groups is 2. The highest BCUT2D eigenvalue weighted by molar-refractivity contribution is 6.06. The van der Waals surface area contributed by atoms with E-state index < -0.39 is 5.97 Å². The van der Waals surface area contributed by atoms with Crippen LogP contribution in [0.25, 0.3) is 10.9 Å². The zero-order valence-electron chi connectivity index (χ0n) is 11.9. The van der Waals surface area contributed by atoms with Crippen LogP contribution >= 0.6 is 0 Å². The fraction of sp³-hybridized carbons (Fsp3) is 0.375. The van der Waals surface area contributed by atoms with Crippen LogP contribution in [-0.4, -0.2) is 39.5 Å². The van der Waals surface area contributed by atoms with Crippen molar-refractivity contribution in [1.82, 2.24) is 9.88 Å². The van der Waals surface area contributed by atoms with Gasteiger partial charge < -0.3 is 15.0 Å². The Hall–Kier alpha value is -2.30. The first-order valence-electron chi connectivity index (χ1n) is 7.18. The Balaban J connectivity index is 1.84. The molecule has 1 aromatic heterocycles. The number of fused-ring (bicyclic) bond motifs is 1. The van der Waals surface area contributed by atoms with E-state index in [4.69, 9.17) is 5.11 Å². The van der Waals surface area contributed by atoms with Crippen LogP contribution in [0.2, 0.25) is 0 Å². The molecule has 1 amide bonds. The number of likely N-dealkylation sites (tertiary alicyclic amines) is 1. The third-order valence-electron chi connectivity index (χ3n) is 4.31. The molecule has 1 saturated heterocycles. The Morgan fingerprint density at radius 1 is 1.33 bits per heavy atom. The lowest BCUT2D eigenvalue weighted by molar-refractivity contribution is -0.143. The van der Waals surface area contributed by atoms with Gasteiger partial charge in [-0.15, -0.1) is 0 Å². The summed E-state index contributed by atoms with van der Waals surface area (Å²) in [5, 5.41) is 10.0. The lowest BCUT2D eigenvalue weighted by Gasteiger charge is -2.36. The predicted molar refractivity (Wildman–Crippen MR) is 79.2 cm³/mol. The van der Waals surface area contributed by atoms with Crippen molar-refractivity contribution in [2.45, 2.75) is 25.8 Å². The summed E-state index contributed by atoms with van der Waals surface area (Å²) >= 11 is 0. The molecule has 1 fully saturated rings. The number of H-pyrrole nitrogens is 1. The lowest BCUT2D eigenvalue weighted by atomic mass is 9.91. The van der Waals surface area contributed by atoms with Crippen molar-refractivity contribution in [3.63, 3.8) is 0 Å². The molecule has 5 nitrogen and oxygen atoms in total. The number of carboxylic acid groups (broad SMARTS) is 1. The molecule has 0 aliphatic carbocycles. The van der Waals surface area contributed by atoms with Crippen molar-refractivity contribution >= 4 is 22.8 Å². The molecule has 0 saturated carbocycles. The molecule has 5 heteroatoms. The van der Waals surface area contributed by atoms with Crippen molar-refractivity contribution in [1.29, 1.82) is 0 Å². The molecule has 2 N–H and O–H groups in total. The Morgan fingerprint density at radius 3 is 2.81 bits per heavy atom. The average Bonchev–Trinajstić information content (AvgIpc) is 2.90. The summed E-state index contributed by atoms with van der Waals surface area (Å²) in [6.07, 6.45) is 2.78. The van der Waals surface area contributed by atoms with E-state index in [0.29, 0.717) is 24.9 Å². The number of aliphatic carboxylic acids is 1. The molecule has 2 unspecified atom stereocenters. The fourth-order valence-corrected chi connectivity index (χ4v) is 3.10. The summed E-state index contributed by atoms with van der Waals surface area (Å²) in [6.45, 7) is 2.41. The summed E-state index contributed by atoms with van der Waals surface area (Å²) in [5.41, 5.74) is 1.60. The Morgan fingerprint density at radius 2 is 2.10 bits per heavy atom. The molecule has 0 radical (unpaired) electrons. The Kier molecular flexibility index (Phi) is 3.41. The number of rotatable bonds is 2. The van der Waals surface area contributed by atoms with Gasteiger partial charge in [0, 0.05) is 29.7 Å². The van der Waals surface area contributed by atoms with E-state index in [-0.39, 0.29) is 17.9 Å². The van der Waals surface area contributed by atoms with Crippen LogP contribution in [0, 0.1) is 5.92 Å². The number of aromatic nitrogens is 1. The number of amides is 1. The second kappa shape index (κ2) is 5.24. The maximum Gasteiger partial charge on any atom is 0.306 e. The minimum atomic E-state index is -0.763. The zero-order chi connectivity index (χ0) is 15.0.